The fourth-order valence-electron chi connectivity index (χ4n) is 2.61. The van der Waals surface area contributed by atoms with Crippen LogP contribution in [0.15, 0.2) is 59.5 Å². The number of carbonyl (C=O) groups is 1. The zero-order chi connectivity index (χ0) is 20.0. The van der Waals surface area contributed by atoms with E-state index in [-0.39, 0.29) is 29.8 Å². The van der Waals surface area contributed by atoms with Gasteiger partial charge in [-0.1, -0.05) is 30.3 Å². The first kappa shape index (κ1) is 21.0. The Morgan fingerprint density at radius 3 is 2.19 bits per heavy atom. The number of likely N-dealkylation sites (N-methyl/N-ethyl adjacent to an activating group) is 2. The van der Waals surface area contributed by atoms with Crippen LogP contribution in [0.2, 0.25) is 0 Å². The topological polar surface area (TPSA) is 69.7 Å². The third-order valence-corrected chi connectivity index (χ3v) is 6.01. The Hall–Kier alpha value is -2.29. The zero-order valence-corrected chi connectivity index (χ0v) is 16.4. The summed E-state index contributed by atoms with van der Waals surface area (Å²) in [6.07, 6.45) is 0. The molecule has 2 rings (SSSR count). The zero-order valence-electron chi connectivity index (χ0n) is 15.6. The van der Waals surface area contributed by atoms with E-state index in [4.69, 9.17) is 0 Å². The van der Waals surface area contributed by atoms with Crippen molar-refractivity contribution in [3.63, 3.8) is 0 Å². The quantitative estimate of drug-likeness (QED) is 0.743. The lowest BCUT2D eigenvalue weighted by Crippen LogP contribution is -2.41. The van der Waals surface area contributed by atoms with Gasteiger partial charge in [0.25, 0.3) is 0 Å². The molecule has 146 valence electrons. The highest BCUT2D eigenvalue weighted by Gasteiger charge is 2.23. The first-order valence-corrected chi connectivity index (χ1v) is 9.86. The first-order valence-electron chi connectivity index (χ1n) is 8.42. The molecule has 1 amide bonds. The maximum atomic E-state index is 13.1. The van der Waals surface area contributed by atoms with Gasteiger partial charge in [-0.3, -0.25) is 4.79 Å². The van der Waals surface area contributed by atoms with Crippen LogP contribution in [0.25, 0.3) is 0 Å². The van der Waals surface area contributed by atoms with E-state index in [0.29, 0.717) is 0 Å². The molecular formula is C19H24FN3O3S. The number of amides is 1. The van der Waals surface area contributed by atoms with Gasteiger partial charge in [-0.25, -0.2) is 12.8 Å². The van der Waals surface area contributed by atoms with Crippen molar-refractivity contribution in [2.24, 2.45) is 0 Å². The van der Waals surface area contributed by atoms with Crippen LogP contribution in [0.1, 0.15) is 11.6 Å². The Kier molecular flexibility index (Phi) is 7.06. The molecule has 0 bridgehead atoms. The Balaban J connectivity index is 1.99. The summed E-state index contributed by atoms with van der Waals surface area (Å²) in [5, 5.41) is 2.75. The van der Waals surface area contributed by atoms with Crippen LogP contribution < -0.4 is 5.32 Å². The molecule has 0 saturated heterocycles. The Bertz CT molecular complexity index is 856. The van der Waals surface area contributed by atoms with Gasteiger partial charge in [-0.05, 0) is 43.9 Å². The van der Waals surface area contributed by atoms with Gasteiger partial charge in [0.2, 0.25) is 15.9 Å². The lowest BCUT2D eigenvalue weighted by atomic mass is 10.1. The summed E-state index contributed by atoms with van der Waals surface area (Å²) < 4.78 is 39.1. The molecule has 0 heterocycles. The molecular weight excluding hydrogens is 369 g/mol. The molecule has 2 aromatic carbocycles. The number of benzene rings is 2. The number of carbonyl (C=O) groups excluding carboxylic acids is 1. The average molecular weight is 393 g/mol. The summed E-state index contributed by atoms with van der Waals surface area (Å²) in [7, 11) is 1.35. The minimum atomic E-state index is -3.73. The third-order valence-electron chi connectivity index (χ3n) is 4.19. The van der Waals surface area contributed by atoms with Crippen molar-refractivity contribution in [3.05, 3.63) is 66.0 Å². The summed E-state index contributed by atoms with van der Waals surface area (Å²) in [4.78, 5) is 14.3. The minimum absolute atomic E-state index is 0.137. The van der Waals surface area contributed by atoms with Crippen molar-refractivity contribution in [1.29, 1.82) is 0 Å². The van der Waals surface area contributed by atoms with Crippen molar-refractivity contribution in [1.82, 2.24) is 14.5 Å². The Labute approximate surface area is 159 Å². The minimum Gasteiger partial charge on any atom is -0.353 e. The van der Waals surface area contributed by atoms with Gasteiger partial charge in [0.15, 0.2) is 0 Å². The highest BCUT2D eigenvalue weighted by Crippen LogP contribution is 2.18. The van der Waals surface area contributed by atoms with Crippen molar-refractivity contribution in [3.8, 4) is 0 Å². The summed E-state index contributed by atoms with van der Waals surface area (Å²) in [6.45, 7) is -0.0164. The molecule has 0 radical (unpaired) electrons. The molecule has 1 unspecified atom stereocenters. The van der Waals surface area contributed by atoms with E-state index in [1.54, 1.807) is 30.3 Å². The normalized spacial score (nSPS) is 13.0. The largest absolute Gasteiger partial charge is 0.353 e. The third kappa shape index (κ3) is 5.59. The molecule has 0 spiro atoms. The van der Waals surface area contributed by atoms with Gasteiger partial charge in [0.1, 0.15) is 5.82 Å². The van der Waals surface area contributed by atoms with Crippen LogP contribution in [-0.4, -0.2) is 57.8 Å². The summed E-state index contributed by atoms with van der Waals surface area (Å²) in [6, 6.07) is 13.9. The molecule has 0 fully saturated rings. The Morgan fingerprint density at radius 1 is 1.04 bits per heavy atom. The average Bonchev–Trinajstić information content (AvgIpc) is 2.63. The molecule has 1 atom stereocenters. The number of halogens is 1. The second kappa shape index (κ2) is 9.07. The van der Waals surface area contributed by atoms with Crippen LogP contribution >= 0.6 is 0 Å². The number of nitrogens with one attached hydrogen (secondary N) is 1. The van der Waals surface area contributed by atoms with E-state index in [1.165, 1.54) is 31.3 Å². The number of hydrogen-bond acceptors (Lipinski definition) is 4. The summed E-state index contributed by atoms with van der Waals surface area (Å²) in [5.74, 6) is -0.737. The van der Waals surface area contributed by atoms with E-state index in [2.05, 4.69) is 5.32 Å². The molecule has 27 heavy (non-hydrogen) atoms. The molecule has 6 nitrogen and oxygen atoms in total. The number of sulfonamides is 1. The van der Waals surface area contributed by atoms with Crippen LogP contribution in [0.5, 0.6) is 0 Å². The maximum absolute atomic E-state index is 13.1. The lowest BCUT2D eigenvalue weighted by Gasteiger charge is -2.25. The van der Waals surface area contributed by atoms with Crippen LogP contribution in [0.4, 0.5) is 4.39 Å². The highest BCUT2D eigenvalue weighted by molar-refractivity contribution is 7.89. The molecule has 0 saturated carbocycles. The van der Waals surface area contributed by atoms with E-state index in [9.17, 15) is 17.6 Å². The van der Waals surface area contributed by atoms with Gasteiger partial charge in [-0.15, -0.1) is 0 Å². The summed E-state index contributed by atoms with van der Waals surface area (Å²) in [5.41, 5.74) is 0.854. The lowest BCUT2D eigenvalue weighted by molar-refractivity contribution is -0.121. The monoisotopic (exact) mass is 393 g/mol. The molecule has 0 aliphatic carbocycles. The molecule has 0 aliphatic heterocycles. The fraction of sp³-hybridized carbons (Fsp3) is 0.316. The van der Waals surface area contributed by atoms with E-state index >= 15 is 0 Å². The summed E-state index contributed by atoms with van der Waals surface area (Å²) >= 11 is 0. The van der Waals surface area contributed by atoms with Gasteiger partial charge in [-0.2, -0.15) is 4.31 Å². The predicted octanol–water partition coefficient (Wildman–Crippen LogP) is 1.87. The van der Waals surface area contributed by atoms with Gasteiger partial charge < -0.3 is 10.2 Å². The highest BCUT2D eigenvalue weighted by atomic mass is 32.2. The molecule has 2 aromatic rings. The van der Waals surface area contributed by atoms with Crippen molar-refractivity contribution in [2.75, 3.05) is 34.2 Å². The maximum Gasteiger partial charge on any atom is 0.243 e. The van der Waals surface area contributed by atoms with Crippen LogP contribution in [-0.2, 0) is 14.8 Å². The van der Waals surface area contributed by atoms with Crippen molar-refractivity contribution in [2.45, 2.75) is 10.9 Å². The van der Waals surface area contributed by atoms with Crippen LogP contribution in [0, 0.1) is 5.82 Å². The number of hydrogen-bond donors (Lipinski definition) is 1. The number of nitrogens with zero attached hydrogens (tertiary/aromatic N) is 2. The van der Waals surface area contributed by atoms with E-state index in [1.807, 2.05) is 19.0 Å². The predicted molar refractivity (Wildman–Crippen MR) is 102 cm³/mol. The van der Waals surface area contributed by atoms with E-state index in [0.717, 1.165) is 9.87 Å². The Morgan fingerprint density at radius 2 is 1.63 bits per heavy atom. The second-order valence-electron chi connectivity index (χ2n) is 6.41. The smallest absolute Gasteiger partial charge is 0.243 e. The number of rotatable bonds is 8. The standard InChI is InChI=1S/C19H24FN3O3S/c1-22(2)18(15-9-11-16(20)12-10-15)13-21-19(24)14-23(3)27(25,26)17-7-5-4-6-8-17/h4-12,18H,13-14H2,1-3H3,(H,21,24). The molecule has 1 N–H and O–H groups in total. The van der Waals surface area contributed by atoms with Crippen molar-refractivity contribution < 1.29 is 17.6 Å². The van der Waals surface area contributed by atoms with Crippen LogP contribution in [0.3, 0.4) is 0 Å². The van der Waals surface area contributed by atoms with Gasteiger partial charge in [0, 0.05) is 13.6 Å². The van der Waals surface area contributed by atoms with Gasteiger partial charge in [0.05, 0.1) is 17.5 Å². The first-order chi connectivity index (χ1) is 12.7. The second-order valence-corrected chi connectivity index (χ2v) is 8.45. The molecule has 0 aromatic heterocycles. The van der Waals surface area contributed by atoms with Gasteiger partial charge >= 0.3 is 0 Å². The van der Waals surface area contributed by atoms with E-state index < -0.39 is 15.9 Å². The SMILES string of the molecule is CN(C)C(CNC(=O)CN(C)S(=O)(=O)c1ccccc1)c1ccc(F)cc1. The molecule has 0 aliphatic rings. The van der Waals surface area contributed by atoms with Crippen molar-refractivity contribution >= 4 is 15.9 Å². The fourth-order valence-corrected chi connectivity index (χ4v) is 3.76. The molecule has 8 heteroatoms.